The first kappa shape index (κ1) is 22.0. The largest absolute Gasteiger partial charge is 0.497 e. The number of nitrogens with one attached hydrogen (secondary N) is 1. The molecule has 9 heteroatoms. The number of nitrogens with zero attached hydrogens (tertiary/aromatic N) is 3. The van der Waals surface area contributed by atoms with Crippen molar-refractivity contribution < 1.29 is 13.2 Å². The van der Waals surface area contributed by atoms with Gasteiger partial charge in [-0.2, -0.15) is 0 Å². The van der Waals surface area contributed by atoms with Crippen LogP contribution in [0.4, 0.5) is 0 Å². The molecule has 0 saturated carbocycles. The van der Waals surface area contributed by atoms with E-state index in [1.54, 1.807) is 14.2 Å². The average Bonchev–Trinajstić information content (AvgIpc) is 2.90. The highest BCUT2D eigenvalue weighted by Crippen LogP contribution is 2.13. The van der Waals surface area contributed by atoms with E-state index in [4.69, 9.17) is 4.74 Å². The lowest BCUT2D eigenvalue weighted by molar-refractivity contribution is 0.413. The number of halogens is 1. The summed E-state index contributed by atoms with van der Waals surface area (Å²) < 4.78 is 30.3. The van der Waals surface area contributed by atoms with Crippen LogP contribution >= 0.6 is 24.0 Å². The quantitative estimate of drug-likeness (QED) is 0.377. The maximum Gasteiger partial charge on any atom is 0.214 e. The average molecular weight is 482 g/mol. The third-order valence-corrected chi connectivity index (χ3v) is 5.96. The van der Waals surface area contributed by atoms with Gasteiger partial charge in [-0.1, -0.05) is 12.1 Å². The monoisotopic (exact) mass is 482 g/mol. The standard InChI is InChI=1S/C16H26N4O3S.HI/c1-17-16(18-9-11-20-10-4-12-24(20,21)22)19(2)13-14-5-7-15(23-3)8-6-14;/h5-8H,4,9-13H2,1-3H3,(H,17,18);1H. The molecule has 1 aromatic carbocycles. The number of methoxy groups -OCH3 is 1. The van der Waals surface area contributed by atoms with Gasteiger partial charge in [-0.05, 0) is 24.1 Å². The summed E-state index contributed by atoms with van der Waals surface area (Å²) in [7, 11) is 2.28. The summed E-state index contributed by atoms with van der Waals surface area (Å²) in [6.45, 7) is 2.33. The molecule has 1 N–H and O–H groups in total. The van der Waals surface area contributed by atoms with Crippen molar-refractivity contribution in [3.8, 4) is 5.75 Å². The highest BCUT2D eigenvalue weighted by atomic mass is 127. The van der Waals surface area contributed by atoms with Gasteiger partial charge in [0, 0.05) is 40.3 Å². The molecule has 1 fully saturated rings. The minimum absolute atomic E-state index is 0. The Labute approximate surface area is 167 Å². The van der Waals surface area contributed by atoms with Crippen LogP contribution in [0.2, 0.25) is 0 Å². The van der Waals surface area contributed by atoms with Crippen molar-refractivity contribution >= 4 is 40.0 Å². The van der Waals surface area contributed by atoms with Crippen molar-refractivity contribution in [2.45, 2.75) is 13.0 Å². The Morgan fingerprint density at radius 2 is 2.04 bits per heavy atom. The predicted molar refractivity (Wildman–Crippen MR) is 111 cm³/mol. The molecule has 1 aliphatic heterocycles. The molecule has 0 bridgehead atoms. The van der Waals surface area contributed by atoms with Crippen LogP contribution in [0.25, 0.3) is 0 Å². The van der Waals surface area contributed by atoms with Crippen molar-refractivity contribution in [2.24, 2.45) is 4.99 Å². The van der Waals surface area contributed by atoms with E-state index >= 15 is 0 Å². The lowest BCUT2D eigenvalue weighted by Crippen LogP contribution is -2.42. The number of aliphatic imine (C=N–C) groups is 1. The van der Waals surface area contributed by atoms with Crippen molar-refractivity contribution in [1.29, 1.82) is 0 Å². The number of ether oxygens (including phenoxy) is 1. The minimum Gasteiger partial charge on any atom is -0.497 e. The molecular formula is C16H27IN4O3S. The maximum atomic E-state index is 11.8. The number of guanidine groups is 1. The smallest absolute Gasteiger partial charge is 0.214 e. The Morgan fingerprint density at radius 1 is 1.36 bits per heavy atom. The Morgan fingerprint density at radius 3 is 2.56 bits per heavy atom. The minimum atomic E-state index is -3.04. The summed E-state index contributed by atoms with van der Waals surface area (Å²) in [5, 5.41) is 3.22. The van der Waals surface area contributed by atoms with Gasteiger partial charge in [-0.3, -0.25) is 4.99 Å². The van der Waals surface area contributed by atoms with Gasteiger partial charge in [0.25, 0.3) is 0 Å². The molecule has 0 aromatic heterocycles. The summed E-state index contributed by atoms with van der Waals surface area (Å²) in [6, 6.07) is 7.88. The molecule has 0 amide bonds. The Hall–Kier alpha value is -1.07. The van der Waals surface area contributed by atoms with Gasteiger partial charge in [-0.25, -0.2) is 12.7 Å². The van der Waals surface area contributed by atoms with Crippen LogP contribution in [-0.4, -0.2) is 70.2 Å². The van der Waals surface area contributed by atoms with Crippen molar-refractivity contribution in [2.75, 3.05) is 46.6 Å². The van der Waals surface area contributed by atoms with E-state index in [0.717, 1.165) is 17.3 Å². The molecule has 1 heterocycles. The van der Waals surface area contributed by atoms with Crippen LogP contribution in [-0.2, 0) is 16.6 Å². The second-order valence-corrected chi connectivity index (χ2v) is 7.84. The fraction of sp³-hybridized carbons (Fsp3) is 0.562. The van der Waals surface area contributed by atoms with Gasteiger partial charge >= 0.3 is 0 Å². The van der Waals surface area contributed by atoms with Crippen LogP contribution in [0.1, 0.15) is 12.0 Å². The molecule has 1 aromatic rings. The van der Waals surface area contributed by atoms with E-state index in [1.165, 1.54) is 4.31 Å². The molecule has 0 atom stereocenters. The second-order valence-electron chi connectivity index (χ2n) is 5.75. The first-order chi connectivity index (χ1) is 11.5. The molecule has 142 valence electrons. The van der Waals surface area contributed by atoms with Crippen molar-refractivity contribution in [1.82, 2.24) is 14.5 Å². The number of benzene rings is 1. The third kappa shape index (κ3) is 6.30. The molecule has 0 radical (unpaired) electrons. The first-order valence-electron chi connectivity index (χ1n) is 7.99. The number of rotatable bonds is 6. The third-order valence-electron chi connectivity index (χ3n) is 4.00. The topological polar surface area (TPSA) is 74.2 Å². The predicted octanol–water partition coefficient (Wildman–Crippen LogP) is 1.36. The summed E-state index contributed by atoms with van der Waals surface area (Å²) >= 11 is 0. The van der Waals surface area contributed by atoms with Crippen LogP contribution in [0.5, 0.6) is 5.75 Å². The number of sulfonamides is 1. The molecule has 0 spiro atoms. The molecule has 0 aliphatic carbocycles. The molecule has 0 unspecified atom stereocenters. The zero-order chi connectivity index (χ0) is 17.6. The fourth-order valence-corrected chi connectivity index (χ4v) is 4.23. The maximum absolute atomic E-state index is 11.8. The van der Waals surface area contributed by atoms with Crippen LogP contribution in [0, 0.1) is 0 Å². The molecule has 1 aliphatic rings. The van der Waals surface area contributed by atoms with Crippen LogP contribution in [0.15, 0.2) is 29.3 Å². The summed E-state index contributed by atoms with van der Waals surface area (Å²) in [6.07, 6.45) is 0.717. The SMILES string of the molecule is CN=C(NCCN1CCCS1(=O)=O)N(C)Cc1ccc(OC)cc1.I. The van der Waals surface area contributed by atoms with E-state index < -0.39 is 10.0 Å². The second kappa shape index (κ2) is 10.2. The van der Waals surface area contributed by atoms with Crippen molar-refractivity contribution in [3.05, 3.63) is 29.8 Å². The molecule has 2 rings (SSSR count). The first-order valence-corrected chi connectivity index (χ1v) is 9.59. The fourth-order valence-electron chi connectivity index (χ4n) is 2.70. The molecule has 7 nitrogen and oxygen atoms in total. The van der Waals surface area contributed by atoms with E-state index in [-0.39, 0.29) is 29.7 Å². The zero-order valence-electron chi connectivity index (χ0n) is 14.9. The lowest BCUT2D eigenvalue weighted by atomic mass is 10.2. The summed E-state index contributed by atoms with van der Waals surface area (Å²) in [5.41, 5.74) is 1.14. The molecule has 1 saturated heterocycles. The van der Waals surface area contributed by atoms with Gasteiger partial charge in [-0.15, -0.1) is 24.0 Å². The van der Waals surface area contributed by atoms with E-state index in [9.17, 15) is 8.42 Å². The van der Waals surface area contributed by atoms with Gasteiger partial charge in [0.15, 0.2) is 5.96 Å². The van der Waals surface area contributed by atoms with Gasteiger partial charge < -0.3 is 15.0 Å². The lowest BCUT2D eigenvalue weighted by Gasteiger charge is -2.23. The van der Waals surface area contributed by atoms with E-state index in [0.29, 0.717) is 32.6 Å². The molecular weight excluding hydrogens is 455 g/mol. The molecule has 25 heavy (non-hydrogen) atoms. The van der Waals surface area contributed by atoms with Gasteiger partial charge in [0.2, 0.25) is 10.0 Å². The van der Waals surface area contributed by atoms with Crippen LogP contribution < -0.4 is 10.1 Å². The van der Waals surface area contributed by atoms with Crippen molar-refractivity contribution in [3.63, 3.8) is 0 Å². The van der Waals surface area contributed by atoms with Gasteiger partial charge in [0.05, 0.1) is 12.9 Å². The Bertz CT molecular complexity index is 664. The van der Waals surface area contributed by atoms with E-state index in [1.807, 2.05) is 36.2 Å². The zero-order valence-corrected chi connectivity index (χ0v) is 18.1. The summed E-state index contributed by atoms with van der Waals surface area (Å²) in [4.78, 5) is 6.26. The normalized spacial score (nSPS) is 17.0. The van der Waals surface area contributed by atoms with E-state index in [2.05, 4.69) is 10.3 Å². The number of hydrogen-bond acceptors (Lipinski definition) is 4. The Kier molecular flexibility index (Phi) is 8.94. The highest BCUT2D eigenvalue weighted by Gasteiger charge is 2.27. The highest BCUT2D eigenvalue weighted by molar-refractivity contribution is 14.0. The number of hydrogen-bond donors (Lipinski definition) is 1. The Balaban J connectivity index is 0.00000312. The van der Waals surface area contributed by atoms with Crippen LogP contribution in [0.3, 0.4) is 0 Å². The van der Waals surface area contributed by atoms with Gasteiger partial charge in [0.1, 0.15) is 5.75 Å². The summed E-state index contributed by atoms with van der Waals surface area (Å²) in [5.74, 6) is 1.83.